The topological polar surface area (TPSA) is 102 Å². The lowest BCUT2D eigenvalue weighted by Crippen LogP contribution is -2.49. The molecule has 1 aliphatic rings. The highest BCUT2D eigenvalue weighted by molar-refractivity contribution is 6.31. The number of benzene rings is 1. The van der Waals surface area contributed by atoms with Crippen LogP contribution in [0.3, 0.4) is 0 Å². The molecule has 1 aliphatic heterocycles. The third-order valence-corrected chi connectivity index (χ3v) is 5.53. The number of alkyl halides is 2. The minimum Gasteiger partial charge on any atom is -0.434 e. The molecule has 1 fully saturated rings. The first kappa shape index (κ1) is 22.0. The number of nitrogens with one attached hydrogen (secondary N) is 2. The number of carbonyl (C=O) groups is 1. The average molecular weight is 489 g/mol. The first-order chi connectivity index (χ1) is 16.5. The van der Waals surface area contributed by atoms with E-state index in [9.17, 15) is 13.6 Å². The highest BCUT2D eigenvalue weighted by Gasteiger charge is 2.25. The van der Waals surface area contributed by atoms with Gasteiger partial charge in [0.15, 0.2) is 5.65 Å². The summed E-state index contributed by atoms with van der Waals surface area (Å²) in [5.74, 6) is -0.572. The summed E-state index contributed by atoms with van der Waals surface area (Å²) >= 11 is 6.21. The summed E-state index contributed by atoms with van der Waals surface area (Å²) in [6, 6.07) is 6.01. The van der Waals surface area contributed by atoms with Gasteiger partial charge in [0.2, 0.25) is 0 Å². The fourth-order valence-electron chi connectivity index (χ4n) is 3.80. The van der Waals surface area contributed by atoms with Gasteiger partial charge in [-0.05, 0) is 24.3 Å². The molecule has 5 rings (SSSR count). The Morgan fingerprint density at radius 2 is 2.03 bits per heavy atom. The van der Waals surface area contributed by atoms with Gasteiger partial charge in [-0.1, -0.05) is 11.6 Å². The van der Waals surface area contributed by atoms with E-state index >= 15 is 0 Å². The highest BCUT2D eigenvalue weighted by Crippen LogP contribution is 2.38. The molecule has 0 saturated carbocycles. The number of hydrogen-bond acceptors (Lipinski definition) is 7. The van der Waals surface area contributed by atoms with E-state index < -0.39 is 12.5 Å². The van der Waals surface area contributed by atoms with Gasteiger partial charge in [0.25, 0.3) is 5.91 Å². The Balaban J connectivity index is 1.59. The van der Waals surface area contributed by atoms with Crippen molar-refractivity contribution < 1.29 is 18.3 Å². The minimum absolute atomic E-state index is 0.0931. The zero-order chi connectivity index (χ0) is 23.7. The van der Waals surface area contributed by atoms with Crippen LogP contribution < -0.4 is 20.4 Å². The van der Waals surface area contributed by atoms with E-state index in [1.807, 2.05) is 5.01 Å². The van der Waals surface area contributed by atoms with E-state index in [0.717, 1.165) is 0 Å². The van der Waals surface area contributed by atoms with Gasteiger partial charge in [0.05, 0.1) is 18.1 Å². The van der Waals surface area contributed by atoms with Crippen LogP contribution in [0.5, 0.6) is 5.75 Å². The van der Waals surface area contributed by atoms with Crippen molar-refractivity contribution in [2.75, 3.05) is 36.5 Å². The molecule has 0 aliphatic carbocycles. The maximum atomic E-state index is 13.2. The van der Waals surface area contributed by atoms with Gasteiger partial charge in [0, 0.05) is 49.2 Å². The molecule has 0 bridgehead atoms. The standard InChI is InChI=1S/C21H19ClF2N8O2/c22-13-2-3-17(34-21(23)24)14(10-13)18-16(12-28-32(18)30-8-5-25-6-9-30)29-20(33)15-11-27-31-7-1-4-26-19(15)31/h1-4,7,10-12,21,25H,5-6,8-9H2,(H,29,33). The zero-order valence-electron chi connectivity index (χ0n) is 17.7. The number of carbonyl (C=O) groups excluding carboxylic acids is 1. The van der Waals surface area contributed by atoms with Crippen molar-refractivity contribution >= 4 is 28.8 Å². The van der Waals surface area contributed by atoms with E-state index in [0.29, 0.717) is 48.2 Å². The van der Waals surface area contributed by atoms with Crippen molar-refractivity contribution in [3.05, 3.63) is 59.6 Å². The molecule has 176 valence electrons. The van der Waals surface area contributed by atoms with Gasteiger partial charge in [-0.3, -0.25) is 9.80 Å². The molecule has 4 aromatic rings. The molecule has 4 heterocycles. The quantitative estimate of drug-likeness (QED) is 0.430. The van der Waals surface area contributed by atoms with Crippen LogP contribution in [0.15, 0.2) is 49.1 Å². The van der Waals surface area contributed by atoms with E-state index in [4.69, 9.17) is 16.3 Å². The molecule has 2 N–H and O–H groups in total. The summed E-state index contributed by atoms with van der Waals surface area (Å²) in [5.41, 5.74) is 1.53. The van der Waals surface area contributed by atoms with Crippen molar-refractivity contribution in [2.24, 2.45) is 0 Å². The predicted molar refractivity (Wildman–Crippen MR) is 121 cm³/mol. The Hall–Kier alpha value is -3.77. The fraction of sp³-hybridized carbons (Fsp3) is 0.238. The summed E-state index contributed by atoms with van der Waals surface area (Å²) in [6.45, 7) is -0.383. The SMILES string of the molecule is O=C(Nc1cnn(N2CCNCC2)c1-c1cc(Cl)ccc1OC(F)F)c1cnn2cccnc12. The van der Waals surface area contributed by atoms with E-state index in [1.54, 1.807) is 23.3 Å². The van der Waals surface area contributed by atoms with Crippen molar-refractivity contribution in [3.63, 3.8) is 0 Å². The molecule has 34 heavy (non-hydrogen) atoms. The van der Waals surface area contributed by atoms with Crippen molar-refractivity contribution in [2.45, 2.75) is 6.61 Å². The van der Waals surface area contributed by atoms with Crippen LogP contribution >= 0.6 is 11.6 Å². The molecule has 1 aromatic carbocycles. The third-order valence-electron chi connectivity index (χ3n) is 5.30. The lowest BCUT2D eigenvalue weighted by atomic mass is 10.1. The number of amides is 1. The molecule has 10 nitrogen and oxygen atoms in total. The molecule has 1 amide bonds. The zero-order valence-corrected chi connectivity index (χ0v) is 18.4. The summed E-state index contributed by atoms with van der Waals surface area (Å²) in [6.07, 6.45) is 6.10. The second-order valence-electron chi connectivity index (χ2n) is 7.42. The Morgan fingerprint density at radius 3 is 2.82 bits per heavy atom. The number of fused-ring (bicyclic) bond motifs is 1. The van der Waals surface area contributed by atoms with Gasteiger partial charge in [0.1, 0.15) is 17.0 Å². The summed E-state index contributed by atoms with van der Waals surface area (Å²) in [4.78, 5) is 18.9. The summed E-state index contributed by atoms with van der Waals surface area (Å²) < 4.78 is 32.6. The fourth-order valence-corrected chi connectivity index (χ4v) is 3.98. The first-order valence-electron chi connectivity index (χ1n) is 10.4. The van der Waals surface area contributed by atoms with Gasteiger partial charge in [-0.2, -0.15) is 23.8 Å². The van der Waals surface area contributed by atoms with Crippen LogP contribution in [-0.4, -0.2) is 63.2 Å². The lowest BCUT2D eigenvalue weighted by molar-refractivity contribution is -0.0494. The smallest absolute Gasteiger partial charge is 0.387 e. The van der Waals surface area contributed by atoms with Gasteiger partial charge >= 0.3 is 6.61 Å². The highest BCUT2D eigenvalue weighted by atomic mass is 35.5. The van der Waals surface area contributed by atoms with Gasteiger partial charge in [-0.15, -0.1) is 0 Å². The third kappa shape index (κ3) is 4.24. The van der Waals surface area contributed by atoms with E-state index in [1.165, 1.54) is 35.1 Å². The number of halogens is 3. The Morgan fingerprint density at radius 1 is 1.21 bits per heavy atom. The van der Waals surface area contributed by atoms with Crippen LogP contribution in [0.1, 0.15) is 10.4 Å². The summed E-state index contributed by atoms with van der Waals surface area (Å²) in [7, 11) is 0. The Bertz CT molecular complexity index is 1340. The Kier molecular flexibility index (Phi) is 5.99. The second-order valence-corrected chi connectivity index (χ2v) is 7.86. The van der Waals surface area contributed by atoms with Gasteiger partial charge < -0.3 is 15.4 Å². The normalized spacial score (nSPS) is 14.1. The van der Waals surface area contributed by atoms with Crippen LogP contribution in [-0.2, 0) is 0 Å². The van der Waals surface area contributed by atoms with Crippen molar-refractivity contribution in [1.82, 2.24) is 29.8 Å². The largest absolute Gasteiger partial charge is 0.434 e. The monoisotopic (exact) mass is 488 g/mol. The molecule has 13 heteroatoms. The van der Waals surface area contributed by atoms with Crippen molar-refractivity contribution in [3.8, 4) is 17.0 Å². The van der Waals surface area contributed by atoms with Crippen LogP contribution in [0.25, 0.3) is 16.9 Å². The first-order valence-corrected chi connectivity index (χ1v) is 10.8. The van der Waals surface area contributed by atoms with E-state index in [2.05, 4.69) is 25.8 Å². The Labute approximate surface area is 197 Å². The second kappa shape index (κ2) is 9.23. The lowest BCUT2D eigenvalue weighted by Gasteiger charge is -2.30. The van der Waals surface area contributed by atoms with Crippen LogP contribution in [0, 0.1) is 0 Å². The average Bonchev–Trinajstić information content (AvgIpc) is 3.45. The van der Waals surface area contributed by atoms with Crippen LogP contribution in [0.2, 0.25) is 5.02 Å². The number of piperazine rings is 1. The predicted octanol–water partition coefficient (Wildman–Crippen LogP) is 2.64. The maximum Gasteiger partial charge on any atom is 0.387 e. The summed E-state index contributed by atoms with van der Waals surface area (Å²) in [5, 5.41) is 16.9. The van der Waals surface area contributed by atoms with E-state index in [-0.39, 0.29) is 16.9 Å². The maximum absolute atomic E-state index is 13.2. The van der Waals surface area contributed by atoms with Crippen LogP contribution in [0.4, 0.5) is 14.5 Å². The molecular formula is C21H19ClF2N8O2. The number of hydrogen-bond donors (Lipinski definition) is 2. The number of aromatic nitrogens is 5. The van der Waals surface area contributed by atoms with Gasteiger partial charge in [-0.25, -0.2) is 9.50 Å². The molecule has 0 spiro atoms. The van der Waals surface area contributed by atoms with Crippen molar-refractivity contribution in [1.29, 1.82) is 0 Å². The molecule has 0 atom stereocenters. The molecule has 1 saturated heterocycles. The molecule has 3 aromatic heterocycles. The number of ether oxygens (including phenoxy) is 1. The number of anilines is 1. The molecule has 0 unspecified atom stereocenters. The number of nitrogens with zero attached hydrogens (tertiary/aromatic N) is 6. The number of rotatable bonds is 6. The minimum atomic E-state index is -3.04. The molecule has 0 radical (unpaired) electrons. The molecular weight excluding hydrogens is 470 g/mol.